The van der Waals surface area contributed by atoms with E-state index in [-0.39, 0.29) is 11.3 Å². The first-order chi connectivity index (χ1) is 13.8. The molecule has 0 atom stereocenters. The van der Waals surface area contributed by atoms with E-state index >= 15 is 0 Å². The summed E-state index contributed by atoms with van der Waals surface area (Å²) in [4.78, 5) is 22.3. The third kappa shape index (κ3) is 5.92. The molecule has 0 amide bonds. The topological polar surface area (TPSA) is 106 Å². The molecule has 0 spiro atoms. The van der Waals surface area contributed by atoms with Gasteiger partial charge in [0.2, 0.25) is 0 Å². The van der Waals surface area contributed by atoms with E-state index < -0.39 is 42.2 Å². The number of carbonyl (C=O) groups is 1. The summed E-state index contributed by atoms with van der Waals surface area (Å²) in [5.74, 6) is -0.767. The van der Waals surface area contributed by atoms with Crippen LogP contribution in [0, 0.1) is 10.1 Å². The lowest BCUT2D eigenvalue weighted by molar-refractivity contribution is -0.386. The van der Waals surface area contributed by atoms with Crippen LogP contribution in [0.25, 0.3) is 0 Å². The van der Waals surface area contributed by atoms with Crippen LogP contribution in [-0.2, 0) is 16.1 Å². The average molecular weight is 413 g/mol. The van der Waals surface area contributed by atoms with Crippen LogP contribution in [0.2, 0.25) is 0 Å². The largest absolute Gasteiger partial charge is 0.493 e. The zero-order chi connectivity index (χ0) is 21.4. The first kappa shape index (κ1) is 21.7. The van der Waals surface area contributed by atoms with Crippen LogP contribution < -0.4 is 18.9 Å². The van der Waals surface area contributed by atoms with Gasteiger partial charge in [-0.1, -0.05) is 12.1 Å². The first-order valence-electron chi connectivity index (χ1n) is 8.07. The number of nitrogens with zero attached hydrogens (tertiary/aromatic N) is 1. The molecule has 29 heavy (non-hydrogen) atoms. The molecule has 2 rings (SSSR count). The summed E-state index contributed by atoms with van der Waals surface area (Å²) in [6.07, 6.45) is 0. The van der Waals surface area contributed by atoms with E-state index in [4.69, 9.17) is 18.9 Å². The second kappa shape index (κ2) is 10.1. The maximum atomic E-state index is 12.5. The van der Waals surface area contributed by atoms with E-state index in [9.17, 15) is 23.7 Å². The molecule has 0 aliphatic heterocycles. The molecule has 9 nitrogen and oxygen atoms in total. The zero-order valence-corrected chi connectivity index (χ0v) is 15.4. The van der Waals surface area contributed by atoms with Crippen molar-refractivity contribution in [1.82, 2.24) is 0 Å². The van der Waals surface area contributed by atoms with E-state index in [0.29, 0.717) is 11.5 Å². The Bertz CT molecular complexity index is 875. The Kier molecular flexibility index (Phi) is 7.52. The van der Waals surface area contributed by atoms with Crippen LogP contribution in [0.3, 0.4) is 0 Å². The molecule has 0 aliphatic carbocycles. The van der Waals surface area contributed by atoms with Gasteiger partial charge in [-0.15, -0.1) is 0 Å². The van der Waals surface area contributed by atoms with Gasteiger partial charge in [0.25, 0.3) is 5.69 Å². The summed E-state index contributed by atoms with van der Waals surface area (Å²) in [6, 6.07) is 8.49. The maximum Gasteiger partial charge on any atom is 0.387 e. The van der Waals surface area contributed by atoms with Gasteiger partial charge >= 0.3 is 12.6 Å². The average Bonchev–Trinajstić information content (AvgIpc) is 2.70. The van der Waals surface area contributed by atoms with Crippen LogP contribution in [-0.4, -0.2) is 38.3 Å². The Morgan fingerprint density at radius 3 is 2.31 bits per heavy atom. The molecule has 0 fully saturated rings. The van der Waals surface area contributed by atoms with E-state index in [2.05, 4.69) is 4.74 Å². The monoisotopic (exact) mass is 413 g/mol. The molecule has 0 saturated heterocycles. The van der Waals surface area contributed by atoms with Crippen molar-refractivity contribution in [2.75, 3.05) is 20.8 Å². The van der Waals surface area contributed by atoms with Gasteiger partial charge in [-0.25, -0.2) is 4.79 Å². The predicted molar refractivity (Wildman–Crippen MR) is 94.6 cm³/mol. The minimum atomic E-state index is -3.20. The quantitative estimate of drug-likeness (QED) is 0.332. The molecule has 0 radical (unpaired) electrons. The molecule has 11 heteroatoms. The van der Waals surface area contributed by atoms with E-state index in [0.717, 1.165) is 12.1 Å². The van der Waals surface area contributed by atoms with Crippen LogP contribution in [0.1, 0.15) is 5.56 Å². The lowest BCUT2D eigenvalue weighted by atomic mass is 10.1. The summed E-state index contributed by atoms with van der Waals surface area (Å²) in [5, 5.41) is 11.2. The third-order valence-electron chi connectivity index (χ3n) is 3.58. The maximum absolute atomic E-state index is 12.5. The first-order valence-corrected chi connectivity index (χ1v) is 8.07. The second-order valence-electron chi connectivity index (χ2n) is 5.37. The van der Waals surface area contributed by atoms with E-state index in [1.807, 2.05) is 0 Å². The summed E-state index contributed by atoms with van der Waals surface area (Å²) in [6.45, 7) is -4.17. The van der Waals surface area contributed by atoms with E-state index in [1.54, 1.807) is 24.3 Å². The SMILES string of the molecule is COc1ccccc1OCC(=O)OCc1cc(OC)c(OC(F)F)cc1[N+](=O)[O-]. The summed E-state index contributed by atoms with van der Waals surface area (Å²) in [5.41, 5.74) is -0.640. The molecule has 156 valence electrons. The fourth-order valence-corrected chi connectivity index (χ4v) is 2.30. The lowest BCUT2D eigenvalue weighted by Gasteiger charge is -2.13. The second-order valence-corrected chi connectivity index (χ2v) is 5.37. The van der Waals surface area contributed by atoms with Gasteiger partial charge in [-0.05, 0) is 18.2 Å². The van der Waals surface area contributed by atoms with Gasteiger partial charge in [0.15, 0.2) is 29.6 Å². The Morgan fingerprint density at radius 1 is 1.07 bits per heavy atom. The van der Waals surface area contributed by atoms with Gasteiger partial charge in [0, 0.05) is 0 Å². The van der Waals surface area contributed by atoms with Gasteiger partial charge in [0.1, 0.15) is 6.61 Å². The molecule has 0 aromatic heterocycles. The highest BCUT2D eigenvalue weighted by molar-refractivity contribution is 5.71. The Balaban J connectivity index is 2.08. The Labute approximate surface area is 163 Å². The number of alkyl halides is 2. The van der Waals surface area contributed by atoms with Crippen molar-refractivity contribution < 1.29 is 42.2 Å². The van der Waals surface area contributed by atoms with Crippen LogP contribution in [0.5, 0.6) is 23.0 Å². The Morgan fingerprint density at radius 2 is 1.72 bits per heavy atom. The highest BCUT2D eigenvalue weighted by Gasteiger charge is 2.22. The number of para-hydroxylation sites is 2. The molecular weight excluding hydrogens is 396 g/mol. The van der Waals surface area contributed by atoms with Crippen molar-refractivity contribution in [2.24, 2.45) is 0 Å². The number of nitro benzene ring substituents is 1. The van der Waals surface area contributed by atoms with Crippen molar-refractivity contribution in [2.45, 2.75) is 13.2 Å². The van der Waals surface area contributed by atoms with Crippen molar-refractivity contribution >= 4 is 11.7 Å². The van der Waals surface area contributed by atoms with Gasteiger partial charge < -0.3 is 23.7 Å². The van der Waals surface area contributed by atoms with Crippen LogP contribution >= 0.6 is 0 Å². The number of nitro groups is 1. The highest BCUT2D eigenvalue weighted by atomic mass is 19.3. The standard InChI is InChI=1S/C18H17F2NO8/c1-25-13-5-3-4-6-14(13)27-10-17(22)28-9-11-7-15(26-2)16(29-18(19)20)8-12(11)21(23)24/h3-8,18H,9-10H2,1-2H3. The van der Waals surface area contributed by atoms with E-state index in [1.165, 1.54) is 14.2 Å². The zero-order valence-electron chi connectivity index (χ0n) is 15.4. The van der Waals surface area contributed by atoms with Crippen molar-refractivity contribution in [3.8, 4) is 23.0 Å². The van der Waals surface area contributed by atoms with Crippen LogP contribution in [0.4, 0.5) is 14.5 Å². The summed E-state index contributed by atoms with van der Waals surface area (Å²) in [7, 11) is 2.62. The van der Waals surface area contributed by atoms with Crippen molar-refractivity contribution in [1.29, 1.82) is 0 Å². The van der Waals surface area contributed by atoms with Crippen molar-refractivity contribution in [3.63, 3.8) is 0 Å². The number of rotatable bonds is 10. The molecule has 0 unspecified atom stereocenters. The molecule has 2 aromatic carbocycles. The minimum absolute atomic E-state index is 0.0703. The minimum Gasteiger partial charge on any atom is -0.493 e. The third-order valence-corrected chi connectivity index (χ3v) is 3.58. The fourth-order valence-electron chi connectivity index (χ4n) is 2.30. The normalized spacial score (nSPS) is 10.4. The Hall–Kier alpha value is -3.63. The molecule has 0 saturated carbocycles. The molecular formula is C18H17F2NO8. The molecule has 0 aliphatic rings. The molecule has 0 heterocycles. The highest BCUT2D eigenvalue weighted by Crippen LogP contribution is 2.36. The van der Waals surface area contributed by atoms with Gasteiger partial charge in [-0.3, -0.25) is 10.1 Å². The number of benzene rings is 2. The number of hydrogen-bond acceptors (Lipinski definition) is 8. The van der Waals surface area contributed by atoms with Gasteiger partial charge in [0.05, 0.1) is 30.8 Å². The number of ether oxygens (including phenoxy) is 5. The summed E-state index contributed by atoms with van der Waals surface area (Å²) < 4.78 is 49.4. The van der Waals surface area contributed by atoms with Gasteiger partial charge in [-0.2, -0.15) is 8.78 Å². The fraction of sp³-hybridized carbons (Fsp3) is 0.278. The number of hydrogen-bond donors (Lipinski definition) is 0. The number of esters is 1. The number of carbonyl (C=O) groups excluding carboxylic acids is 1. The summed E-state index contributed by atoms with van der Waals surface area (Å²) >= 11 is 0. The van der Waals surface area contributed by atoms with Crippen molar-refractivity contribution in [3.05, 3.63) is 52.1 Å². The molecule has 0 bridgehead atoms. The smallest absolute Gasteiger partial charge is 0.387 e. The molecule has 0 N–H and O–H groups in total. The lowest BCUT2D eigenvalue weighted by Crippen LogP contribution is -2.15. The predicted octanol–water partition coefficient (Wildman–Crippen LogP) is 3.34. The van der Waals surface area contributed by atoms with Crippen LogP contribution in [0.15, 0.2) is 36.4 Å². The number of halogens is 2. The number of methoxy groups -OCH3 is 2. The molecule has 2 aromatic rings.